The van der Waals surface area contributed by atoms with Crippen LogP contribution in [0, 0.1) is 5.82 Å². The third-order valence-corrected chi connectivity index (χ3v) is 6.16. The fourth-order valence-electron chi connectivity index (χ4n) is 4.32. The molecule has 0 amide bonds. The van der Waals surface area contributed by atoms with E-state index in [1.807, 2.05) is 18.2 Å². The number of rotatable bonds is 3. The highest BCUT2D eigenvalue weighted by Crippen LogP contribution is 2.44. The van der Waals surface area contributed by atoms with Crippen molar-refractivity contribution in [3.63, 3.8) is 0 Å². The Hall–Kier alpha value is -1.53. The van der Waals surface area contributed by atoms with E-state index in [0.29, 0.717) is 31.6 Å². The Labute approximate surface area is 163 Å². The van der Waals surface area contributed by atoms with Crippen LogP contribution in [0.25, 0.3) is 0 Å². The van der Waals surface area contributed by atoms with E-state index in [2.05, 4.69) is 9.88 Å². The molecular weight excluding hydrogens is 367 g/mol. The molecule has 2 fully saturated rings. The summed E-state index contributed by atoms with van der Waals surface area (Å²) in [5, 5.41) is 11.4. The monoisotopic (exact) mass is 390 g/mol. The molecule has 0 radical (unpaired) electrons. The summed E-state index contributed by atoms with van der Waals surface area (Å²) in [5.41, 5.74) is 0.0540. The van der Waals surface area contributed by atoms with Gasteiger partial charge in [0.1, 0.15) is 11.4 Å². The fraction of sp³-hybridized carbons (Fsp3) is 0.476. The number of pyridine rings is 1. The van der Waals surface area contributed by atoms with Gasteiger partial charge < -0.3 is 9.84 Å². The van der Waals surface area contributed by atoms with Crippen molar-refractivity contribution in [2.75, 3.05) is 19.7 Å². The largest absolute Gasteiger partial charge is 0.383 e. The zero-order chi connectivity index (χ0) is 18.9. The molecule has 3 heterocycles. The maximum Gasteiger partial charge on any atom is 0.146 e. The number of piperidine rings is 1. The van der Waals surface area contributed by atoms with Crippen molar-refractivity contribution >= 4 is 11.6 Å². The number of aromatic nitrogens is 1. The van der Waals surface area contributed by atoms with Crippen LogP contribution in [-0.4, -0.2) is 40.3 Å². The highest BCUT2D eigenvalue weighted by Gasteiger charge is 2.47. The lowest BCUT2D eigenvalue weighted by Crippen LogP contribution is -2.53. The molecule has 6 heteroatoms. The molecule has 2 aliphatic heterocycles. The molecule has 1 N–H and O–H groups in total. The quantitative estimate of drug-likeness (QED) is 0.863. The first kappa shape index (κ1) is 18.8. The molecule has 0 bridgehead atoms. The topological polar surface area (TPSA) is 45.6 Å². The number of benzene rings is 1. The summed E-state index contributed by atoms with van der Waals surface area (Å²) >= 11 is 5.89. The third-order valence-electron chi connectivity index (χ3n) is 5.87. The predicted molar refractivity (Wildman–Crippen MR) is 102 cm³/mol. The number of ether oxygens (including phenoxy) is 1. The van der Waals surface area contributed by atoms with Crippen LogP contribution in [0.4, 0.5) is 4.39 Å². The molecule has 2 saturated heterocycles. The molecule has 1 spiro atoms. The van der Waals surface area contributed by atoms with Crippen molar-refractivity contribution in [1.82, 2.24) is 9.88 Å². The van der Waals surface area contributed by atoms with Gasteiger partial charge in [-0.2, -0.15) is 0 Å². The van der Waals surface area contributed by atoms with Crippen molar-refractivity contribution < 1.29 is 14.2 Å². The van der Waals surface area contributed by atoms with Gasteiger partial charge >= 0.3 is 0 Å². The summed E-state index contributed by atoms with van der Waals surface area (Å²) in [6, 6.07) is 10.8. The lowest BCUT2D eigenvalue weighted by Gasteiger charge is -2.49. The SMILES string of the molecule is OC1(c2ccccn2)CCOC2(CCN(Cc3cccc(Cl)c3F)CC2)C1. The molecule has 2 aliphatic rings. The highest BCUT2D eigenvalue weighted by atomic mass is 35.5. The van der Waals surface area contributed by atoms with Crippen molar-refractivity contribution in [3.05, 3.63) is 64.7 Å². The summed E-state index contributed by atoms with van der Waals surface area (Å²) in [6.07, 6.45) is 4.45. The van der Waals surface area contributed by atoms with Gasteiger partial charge in [-0.15, -0.1) is 0 Å². The summed E-state index contributed by atoms with van der Waals surface area (Å²) in [7, 11) is 0. The number of halogens is 2. The van der Waals surface area contributed by atoms with E-state index in [1.165, 1.54) is 0 Å². The van der Waals surface area contributed by atoms with Gasteiger partial charge in [0.25, 0.3) is 0 Å². The molecule has 144 valence electrons. The second-order valence-electron chi connectivity index (χ2n) is 7.69. The second-order valence-corrected chi connectivity index (χ2v) is 8.10. The van der Waals surface area contributed by atoms with Gasteiger partial charge in [-0.25, -0.2) is 4.39 Å². The van der Waals surface area contributed by atoms with Crippen LogP contribution >= 0.6 is 11.6 Å². The fourth-order valence-corrected chi connectivity index (χ4v) is 4.51. The van der Waals surface area contributed by atoms with Crippen molar-refractivity contribution in [3.8, 4) is 0 Å². The van der Waals surface area contributed by atoms with Gasteiger partial charge in [0.05, 0.1) is 22.9 Å². The Morgan fingerprint density at radius 1 is 1.15 bits per heavy atom. The summed E-state index contributed by atoms with van der Waals surface area (Å²) < 4.78 is 20.3. The van der Waals surface area contributed by atoms with Crippen LogP contribution in [0.1, 0.15) is 36.9 Å². The Bertz CT molecular complexity index is 796. The smallest absolute Gasteiger partial charge is 0.146 e. The highest BCUT2D eigenvalue weighted by molar-refractivity contribution is 6.30. The Morgan fingerprint density at radius 2 is 1.96 bits per heavy atom. The zero-order valence-corrected chi connectivity index (χ0v) is 16.0. The van der Waals surface area contributed by atoms with Gasteiger partial charge in [-0.3, -0.25) is 9.88 Å². The Morgan fingerprint density at radius 3 is 2.70 bits per heavy atom. The molecule has 27 heavy (non-hydrogen) atoms. The van der Waals surface area contributed by atoms with Crippen molar-refractivity contribution in [2.24, 2.45) is 0 Å². The van der Waals surface area contributed by atoms with E-state index >= 15 is 0 Å². The second kappa shape index (κ2) is 7.47. The number of hydrogen-bond acceptors (Lipinski definition) is 4. The third kappa shape index (κ3) is 3.87. The number of aliphatic hydroxyl groups is 1. The maximum absolute atomic E-state index is 14.2. The maximum atomic E-state index is 14.2. The first-order chi connectivity index (χ1) is 13.0. The van der Waals surface area contributed by atoms with E-state index in [1.54, 1.807) is 24.4 Å². The van der Waals surface area contributed by atoms with Crippen LogP contribution < -0.4 is 0 Å². The summed E-state index contributed by atoms with van der Waals surface area (Å²) in [4.78, 5) is 6.59. The minimum absolute atomic E-state index is 0.164. The van der Waals surface area contributed by atoms with Crippen LogP contribution in [0.5, 0.6) is 0 Å². The molecule has 0 aliphatic carbocycles. The molecule has 4 nitrogen and oxygen atoms in total. The molecule has 4 rings (SSSR count). The van der Waals surface area contributed by atoms with Gasteiger partial charge in [-0.05, 0) is 31.0 Å². The lowest BCUT2D eigenvalue weighted by atomic mass is 9.75. The summed E-state index contributed by atoms with van der Waals surface area (Å²) in [6.45, 7) is 2.65. The van der Waals surface area contributed by atoms with Crippen LogP contribution in [0.15, 0.2) is 42.6 Å². The van der Waals surface area contributed by atoms with Crippen LogP contribution in [0.3, 0.4) is 0 Å². The predicted octanol–water partition coefficient (Wildman–Crippen LogP) is 3.91. The zero-order valence-electron chi connectivity index (χ0n) is 15.2. The van der Waals surface area contributed by atoms with Crippen LogP contribution in [-0.2, 0) is 16.9 Å². The minimum atomic E-state index is -0.944. The van der Waals surface area contributed by atoms with E-state index in [4.69, 9.17) is 16.3 Å². The van der Waals surface area contributed by atoms with E-state index in [0.717, 1.165) is 31.6 Å². The molecule has 1 unspecified atom stereocenters. The van der Waals surface area contributed by atoms with E-state index in [9.17, 15) is 9.50 Å². The van der Waals surface area contributed by atoms with E-state index < -0.39 is 5.60 Å². The van der Waals surface area contributed by atoms with E-state index in [-0.39, 0.29) is 16.4 Å². The number of hydrogen-bond donors (Lipinski definition) is 1. The number of likely N-dealkylation sites (tertiary alicyclic amines) is 1. The molecule has 1 atom stereocenters. The van der Waals surface area contributed by atoms with Crippen molar-refractivity contribution in [1.29, 1.82) is 0 Å². The molecule has 0 saturated carbocycles. The average molecular weight is 391 g/mol. The Kier molecular flexibility index (Phi) is 5.21. The van der Waals surface area contributed by atoms with Gasteiger partial charge in [0.2, 0.25) is 0 Å². The van der Waals surface area contributed by atoms with Gasteiger partial charge in [-0.1, -0.05) is 29.8 Å². The first-order valence-corrected chi connectivity index (χ1v) is 9.81. The Balaban J connectivity index is 1.43. The molecule has 2 aromatic rings. The first-order valence-electron chi connectivity index (χ1n) is 9.43. The normalized spacial score (nSPS) is 25.6. The standard InChI is InChI=1S/C21H24ClFN2O2/c22-17-5-3-4-16(19(17)23)14-25-11-7-20(8-12-25)15-21(26,9-13-27-20)18-6-1-2-10-24-18/h1-6,10,26H,7-9,11-15H2. The van der Waals surface area contributed by atoms with Gasteiger partial charge in [0, 0.05) is 44.2 Å². The molecule has 1 aromatic heterocycles. The minimum Gasteiger partial charge on any atom is -0.383 e. The lowest BCUT2D eigenvalue weighted by molar-refractivity contribution is -0.183. The average Bonchev–Trinajstić information content (AvgIpc) is 2.68. The summed E-state index contributed by atoms with van der Waals surface area (Å²) in [5.74, 6) is -0.335. The molecular formula is C21H24ClFN2O2. The molecule has 1 aromatic carbocycles. The van der Waals surface area contributed by atoms with Gasteiger partial charge in [0.15, 0.2) is 0 Å². The number of nitrogens with zero attached hydrogens (tertiary/aromatic N) is 2. The van der Waals surface area contributed by atoms with Crippen LogP contribution in [0.2, 0.25) is 5.02 Å². The van der Waals surface area contributed by atoms with Crippen molar-refractivity contribution in [2.45, 2.75) is 43.4 Å².